The zero-order chi connectivity index (χ0) is 40.0. The first-order chi connectivity index (χ1) is 30.2. The van der Waals surface area contributed by atoms with Crippen molar-refractivity contribution in [3.05, 3.63) is 182 Å². The Morgan fingerprint density at radius 1 is 0.361 bits per heavy atom. The van der Waals surface area contributed by atoms with Gasteiger partial charge in [0.2, 0.25) is 5.89 Å². The lowest BCUT2D eigenvalue weighted by Gasteiger charge is -2.11. The normalized spacial score (nSPS) is 11.9. The van der Waals surface area contributed by atoms with Crippen molar-refractivity contribution in [2.24, 2.45) is 0 Å². The molecule has 13 rings (SSSR count). The Morgan fingerprint density at radius 3 is 1.92 bits per heavy atom. The largest absolute Gasteiger partial charge is 0.456 e. The van der Waals surface area contributed by atoms with Crippen LogP contribution in [0.15, 0.2) is 191 Å². The Hall–Kier alpha value is -8.00. The highest BCUT2D eigenvalue weighted by molar-refractivity contribution is 7.25. The molecule has 7 heteroatoms. The van der Waals surface area contributed by atoms with Crippen LogP contribution < -0.4 is 0 Å². The van der Waals surface area contributed by atoms with Crippen molar-refractivity contribution >= 4 is 86.1 Å². The van der Waals surface area contributed by atoms with Gasteiger partial charge < -0.3 is 8.83 Å². The van der Waals surface area contributed by atoms with E-state index in [1.54, 1.807) is 11.3 Å². The standard InChI is InChI=1S/C54H30N4O2S/c1-2-11-31(12-3-1)34-15-8-16-35(29-34)51-56-52(58-53(57-51)40-20-10-22-46-47(40)39-18-6-7-21-45(39)61-46)36-24-23-33-25-27-43-48(41(33)30-36)49-44(59-43)28-26-42-50(49)60-54(55-42)38-19-9-14-32-13-4-5-17-37(32)38/h1-30H. The smallest absolute Gasteiger partial charge is 0.227 e. The van der Waals surface area contributed by atoms with Gasteiger partial charge in [0.15, 0.2) is 23.1 Å². The van der Waals surface area contributed by atoms with Crippen LogP contribution in [0.25, 0.3) is 132 Å². The molecular formula is C54H30N4O2S. The summed E-state index contributed by atoms with van der Waals surface area (Å²) in [6, 6.07) is 62.8. The van der Waals surface area contributed by atoms with Crippen LogP contribution in [0.2, 0.25) is 0 Å². The summed E-state index contributed by atoms with van der Waals surface area (Å²) in [6.45, 7) is 0. The van der Waals surface area contributed by atoms with E-state index in [4.69, 9.17) is 28.8 Å². The van der Waals surface area contributed by atoms with E-state index in [0.29, 0.717) is 28.9 Å². The second-order valence-corrected chi connectivity index (χ2v) is 16.4. The lowest BCUT2D eigenvalue weighted by molar-refractivity contribution is 0.623. The van der Waals surface area contributed by atoms with Crippen molar-refractivity contribution in [3.8, 4) is 56.7 Å². The molecule has 6 nitrogen and oxygen atoms in total. The molecule has 0 spiro atoms. The second kappa shape index (κ2) is 13.3. The number of oxazole rings is 1. The van der Waals surface area contributed by atoms with Gasteiger partial charge in [-0.15, -0.1) is 11.3 Å². The van der Waals surface area contributed by atoms with Crippen molar-refractivity contribution in [1.29, 1.82) is 0 Å². The molecule has 4 heterocycles. The fourth-order valence-electron chi connectivity index (χ4n) is 8.91. The lowest BCUT2D eigenvalue weighted by atomic mass is 10.0. The summed E-state index contributed by atoms with van der Waals surface area (Å²) in [6.07, 6.45) is 0. The number of thiophene rings is 1. The Bertz CT molecular complexity index is 3900. The molecule has 13 aromatic rings. The maximum Gasteiger partial charge on any atom is 0.227 e. The van der Waals surface area contributed by atoms with Crippen LogP contribution in [-0.2, 0) is 0 Å². The van der Waals surface area contributed by atoms with E-state index in [1.165, 1.54) is 14.8 Å². The van der Waals surface area contributed by atoms with Gasteiger partial charge in [0.25, 0.3) is 0 Å². The van der Waals surface area contributed by atoms with Crippen molar-refractivity contribution in [1.82, 2.24) is 19.9 Å². The minimum absolute atomic E-state index is 0.574. The zero-order valence-electron chi connectivity index (χ0n) is 32.3. The summed E-state index contributed by atoms with van der Waals surface area (Å²) < 4.78 is 15.7. The van der Waals surface area contributed by atoms with Crippen molar-refractivity contribution < 1.29 is 8.83 Å². The average molecular weight is 799 g/mol. The Kier molecular flexibility index (Phi) is 7.37. The number of rotatable bonds is 5. The molecule has 0 atom stereocenters. The first kappa shape index (κ1) is 33.9. The third-order valence-electron chi connectivity index (χ3n) is 11.8. The molecule has 0 fully saturated rings. The van der Waals surface area contributed by atoms with Crippen LogP contribution in [0.3, 0.4) is 0 Å². The molecular weight excluding hydrogens is 769 g/mol. The number of furan rings is 1. The van der Waals surface area contributed by atoms with Gasteiger partial charge in [-0.1, -0.05) is 133 Å². The molecule has 0 aliphatic carbocycles. The molecule has 0 aliphatic heterocycles. The number of nitrogens with zero attached hydrogens (tertiary/aromatic N) is 4. The maximum absolute atomic E-state index is 6.73. The number of fused-ring (bicyclic) bond motifs is 11. The molecule has 0 radical (unpaired) electrons. The van der Waals surface area contributed by atoms with E-state index in [0.717, 1.165) is 87.8 Å². The first-order valence-corrected chi connectivity index (χ1v) is 21.0. The van der Waals surface area contributed by atoms with Gasteiger partial charge in [0, 0.05) is 47.8 Å². The average Bonchev–Trinajstić information content (AvgIpc) is 4.05. The van der Waals surface area contributed by atoms with Crippen molar-refractivity contribution in [2.75, 3.05) is 0 Å². The van der Waals surface area contributed by atoms with Gasteiger partial charge in [0.05, 0.1) is 5.39 Å². The van der Waals surface area contributed by atoms with E-state index in [-0.39, 0.29) is 0 Å². The van der Waals surface area contributed by atoms with Gasteiger partial charge in [0.1, 0.15) is 16.7 Å². The molecule has 0 saturated carbocycles. The minimum Gasteiger partial charge on any atom is -0.456 e. The molecule has 0 bridgehead atoms. The number of benzene rings is 9. The highest BCUT2D eigenvalue weighted by atomic mass is 32.1. The summed E-state index contributed by atoms with van der Waals surface area (Å²) >= 11 is 1.78. The molecule has 0 unspecified atom stereocenters. The topological polar surface area (TPSA) is 77.8 Å². The molecule has 0 N–H and O–H groups in total. The van der Waals surface area contributed by atoms with Gasteiger partial charge in [-0.05, 0) is 81.2 Å². The van der Waals surface area contributed by atoms with E-state index in [9.17, 15) is 0 Å². The Balaban J connectivity index is 1.04. The summed E-state index contributed by atoms with van der Waals surface area (Å²) in [7, 11) is 0. The Labute approximate surface area is 352 Å². The van der Waals surface area contributed by atoms with Gasteiger partial charge in [-0.25, -0.2) is 19.9 Å². The minimum atomic E-state index is 0.574. The predicted octanol–water partition coefficient (Wildman–Crippen LogP) is 14.9. The van der Waals surface area contributed by atoms with Crippen LogP contribution in [0, 0.1) is 0 Å². The fraction of sp³-hybridized carbons (Fsp3) is 0. The van der Waals surface area contributed by atoms with E-state index >= 15 is 0 Å². The highest BCUT2D eigenvalue weighted by Gasteiger charge is 2.21. The summed E-state index contributed by atoms with van der Waals surface area (Å²) in [5.41, 5.74) is 8.87. The summed E-state index contributed by atoms with van der Waals surface area (Å²) in [5.74, 6) is 2.38. The van der Waals surface area contributed by atoms with Crippen LogP contribution in [-0.4, -0.2) is 19.9 Å². The third-order valence-corrected chi connectivity index (χ3v) is 12.9. The molecule has 0 saturated heterocycles. The molecule has 284 valence electrons. The van der Waals surface area contributed by atoms with Crippen molar-refractivity contribution in [2.45, 2.75) is 0 Å². The Morgan fingerprint density at radius 2 is 1.00 bits per heavy atom. The van der Waals surface area contributed by atoms with Gasteiger partial charge >= 0.3 is 0 Å². The van der Waals surface area contributed by atoms with Crippen LogP contribution >= 0.6 is 11.3 Å². The van der Waals surface area contributed by atoms with E-state index in [2.05, 4.69) is 140 Å². The second-order valence-electron chi connectivity index (χ2n) is 15.3. The van der Waals surface area contributed by atoms with E-state index < -0.39 is 0 Å². The number of hydrogen-bond donors (Lipinski definition) is 0. The van der Waals surface area contributed by atoms with E-state index in [1.807, 2.05) is 42.5 Å². The van der Waals surface area contributed by atoms with Crippen LogP contribution in [0.4, 0.5) is 0 Å². The van der Waals surface area contributed by atoms with Gasteiger partial charge in [-0.3, -0.25) is 0 Å². The third kappa shape index (κ3) is 5.41. The molecule has 9 aromatic carbocycles. The first-order valence-electron chi connectivity index (χ1n) is 20.2. The highest BCUT2D eigenvalue weighted by Crippen LogP contribution is 2.43. The van der Waals surface area contributed by atoms with Crippen molar-refractivity contribution in [3.63, 3.8) is 0 Å². The van der Waals surface area contributed by atoms with Crippen LogP contribution in [0.1, 0.15) is 0 Å². The number of hydrogen-bond acceptors (Lipinski definition) is 7. The van der Waals surface area contributed by atoms with Gasteiger partial charge in [-0.2, -0.15) is 0 Å². The zero-order valence-corrected chi connectivity index (χ0v) is 33.2. The summed E-state index contributed by atoms with van der Waals surface area (Å²) in [4.78, 5) is 20.8. The maximum atomic E-state index is 6.73. The molecule has 4 aromatic heterocycles. The fourth-order valence-corrected chi connectivity index (χ4v) is 10.0. The monoisotopic (exact) mass is 798 g/mol. The molecule has 0 amide bonds. The molecule has 61 heavy (non-hydrogen) atoms. The quantitative estimate of drug-likeness (QED) is 0.173. The predicted molar refractivity (Wildman–Crippen MR) is 250 cm³/mol. The molecule has 0 aliphatic rings. The summed E-state index contributed by atoms with van der Waals surface area (Å²) in [5, 5.41) is 8.47. The SMILES string of the molecule is c1ccc(-c2cccc(-c3nc(-c4ccc5ccc6oc7ccc8nc(-c9cccc%10ccccc9%10)oc8c7c6c5c4)nc(-c4cccc5sc6ccccc6c45)n3)c2)cc1. The number of aromatic nitrogens is 4. The van der Waals surface area contributed by atoms with Crippen LogP contribution in [0.5, 0.6) is 0 Å². The lowest BCUT2D eigenvalue weighted by Crippen LogP contribution is -2.00.